The summed E-state index contributed by atoms with van der Waals surface area (Å²) < 4.78 is 5.16. The number of hydrogen-bond donors (Lipinski definition) is 2. The molecule has 2 N–H and O–H groups in total. The third-order valence-corrected chi connectivity index (χ3v) is 2.54. The lowest BCUT2D eigenvalue weighted by Crippen LogP contribution is -2.37. The predicted molar refractivity (Wildman–Crippen MR) is 73.3 cm³/mol. The predicted octanol–water partition coefficient (Wildman–Crippen LogP) is 1.73. The first-order valence-electron chi connectivity index (χ1n) is 5.77. The Bertz CT molecular complexity index is 385. The largest absolute Gasteiger partial charge is 0.360 e. The van der Waals surface area contributed by atoms with Gasteiger partial charge in [-0.2, -0.15) is 0 Å². The molecule has 0 spiro atoms. The van der Waals surface area contributed by atoms with Gasteiger partial charge in [-0.3, -0.25) is 4.79 Å². The zero-order valence-electron chi connectivity index (χ0n) is 11.5. The molecule has 0 aliphatic carbocycles. The number of amides is 1. The minimum atomic E-state index is -0.202. The van der Waals surface area contributed by atoms with Gasteiger partial charge < -0.3 is 15.2 Å². The van der Waals surface area contributed by atoms with Crippen LogP contribution in [0, 0.1) is 0 Å². The molecule has 1 atom stereocenters. The molecule has 1 aromatic heterocycles. The van der Waals surface area contributed by atoms with Gasteiger partial charge >= 0.3 is 0 Å². The molecule has 1 unspecified atom stereocenters. The Balaban J connectivity index is 0.00000289. The zero-order valence-corrected chi connectivity index (χ0v) is 12.4. The number of carbonyl (C=O) groups is 1. The Morgan fingerprint density at radius 1 is 1.50 bits per heavy atom. The van der Waals surface area contributed by atoms with Gasteiger partial charge in [0, 0.05) is 24.1 Å². The zero-order chi connectivity index (χ0) is 13.1. The third kappa shape index (κ3) is 4.66. The van der Waals surface area contributed by atoms with Crippen LogP contribution in [0.3, 0.4) is 0 Å². The van der Waals surface area contributed by atoms with Crippen molar-refractivity contribution < 1.29 is 9.32 Å². The minimum absolute atomic E-state index is 0. The first-order chi connectivity index (χ1) is 7.84. The average molecular weight is 276 g/mol. The molecule has 0 saturated carbocycles. The monoisotopic (exact) mass is 275 g/mol. The molecule has 0 bridgehead atoms. The van der Waals surface area contributed by atoms with Crippen LogP contribution in [-0.2, 0) is 5.41 Å². The number of carbonyl (C=O) groups excluding carboxylic acids is 1. The molecule has 5 nitrogen and oxygen atoms in total. The molecule has 1 amide bonds. The van der Waals surface area contributed by atoms with E-state index in [9.17, 15) is 4.79 Å². The van der Waals surface area contributed by atoms with Crippen LogP contribution < -0.4 is 10.6 Å². The van der Waals surface area contributed by atoms with Gasteiger partial charge in [0.15, 0.2) is 5.69 Å². The molecule has 1 aromatic rings. The molecule has 0 radical (unpaired) electrons. The van der Waals surface area contributed by atoms with Crippen molar-refractivity contribution in [1.29, 1.82) is 0 Å². The van der Waals surface area contributed by atoms with Crippen molar-refractivity contribution in [3.05, 3.63) is 17.5 Å². The van der Waals surface area contributed by atoms with Crippen molar-refractivity contribution in [3.8, 4) is 0 Å². The highest BCUT2D eigenvalue weighted by atomic mass is 35.5. The molecule has 104 valence electrons. The number of likely N-dealkylation sites (N-methyl/N-ethyl adjacent to an activating group) is 1. The number of nitrogens with zero attached hydrogens (tertiary/aromatic N) is 1. The van der Waals surface area contributed by atoms with Crippen LogP contribution in [0.4, 0.5) is 0 Å². The topological polar surface area (TPSA) is 67.2 Å². The summed E-state index contributed by atoms with van der Waals surface area (Å²) in [5.74, 6) is 0.510. The first kappa shape index (κ1) is 16.9. The summed E-state index contributed by atoms with van der Waals surface area (Å²) in [6, 6.07) is 1.92. The van der Waals surface area contributed by atoms with E-state index in [4.69, 9.17) is 4.52 Å². The van der Waals surface area contributed by atoms with E-state index in [2.05, 4.69) is 15.8 Å². The van der Waals surface area contributed by atoms with Crippen molar-refractivity contribution in [3.63, 3.8) is 0 Å². The number of hydrogen-bond acceptors (Lipinski definition) is 4. The SMILES string of the molecule is CNC(C)CNC(=O)c1cc(C(C)(C)C)on1.Cl. The second-order valence-electron chi connectivity index (χ2n) is 5.23. The molecular formula is C12H22ClN3O2. The Hall–Kier alpha value is -1.07. The van der Waals surface area contributed by atoms with Gasteiger partial charge in [0.25, 0.3) is 5.91 Å². The van der Waals surface area contributed by atoms with E-state index < -0.39 is 0 Å². The lowest BCUT2D eigenvalue weighted by molar-refractivity contribution is 0.0941. The molecule has 1 heterocycles. The number of halogens is 1. The van der Waals surface area contributed by atoms with Crippen molar-refractivity contribution in [2.45, 2.75) is 39.2 Å². The van der Waals surface area contributed by atoms with Crippen LogP contribution in [0.25, 0.3) is 0 Å². The van der Waals surface area contributed by atoms with E-state index in [-0.39, 0.29) is 29.8 Å². The van der Waals surface area contributed by atoms with Crippen LogP contribution >= 0.6 is 12.4 Å². The third-order valence-electron chi connectivity index (χ3n) is 2.54. The van der Waals surface area contributed by atoms with E-state index in [0.29, 0.717) is 18.0 Å². The molecule has 0 aliphatic heterocycles. The summed E-state index contributed by atoms with van der Waals surface area (Å²) in [5, 5.41) is 9.61. The van der Waals surface area contributed by atoms with Gasteiger partial charge in [0.1, 0.15) is 5.76 Å². The number of nitrogens with one attached hydrogen (secondary N) is 2. The van der Waals surface area contributed by atoms with Gasteiger partial charge in [0.05, 0.1) is 0 Å². The van der Waals surface area contributed by atoms with Gasteiger partial charge in [-0.15, -0.1) is 12.4 Å². The summed E-state index contributed by atoms with van der Waals surface area (Å²) in [7, 11) is 1.85. The van der Waals surface area contributed by atoms with E-state index in [1.807, 2.05) is 34.7 Å². The van der Waals surface area contributed by atoms with Crippen molar-refractivity contribution in [2.75, 3.05) is 13.6 Å². The molecule has 18 heavy (non-hydrogen) atoms. The van der Waals surface area contributed by atoms with Crippen molar-refractivity contribution in [2.24, 2.45) is 0 Å². The van der Waals surface area contributed by atoms with Gasteiger partial charge in [-0.1, -0.05) is 25.9 Å². The fourth-order valence-electron chi connectivity index (χ4n) is 1.17. The second-order valence-corrected chi connectivity index (χ2v) is 5.23. The molecular weight excluding hydrogens is 254 g/mol. The van der Waals surface area contributed by atoms with E-state index in [0.717, 1.165) is 0 Å². The van der Waals surface area contributed by atoms with Gasteiger partial charge in [-0.05, 0) is 14.0 Å². The maximum Gasteiger partial charge on any atom is 0.273 e. The highest BCUT2D eigenvalue weighted by Gasteiger charge is 2.22. The van der Waals surface area contributed by atoms with Crippen LogP contribution in [0.1, 0.15) is 43.9 Å². The quantitative estimate of drug-likeness (QED) is 0.878. The molecule has 0 saturated heterocycles. The molecule has 0 aliphatic rings. The summed E-state index contributed by atoms with van der Waals surface area (Å²) in [6.45, 7) is 8.59. The standard InChI is InChI=1S/C12H21N3O2.ClH/c1-8(13-5)7-14-11(16)9-6-10(17-15-9)12(2,3)4;/h6,8,13H,7H2,1-5H3,(H,14,16);1H. The van der Waals surface area contributed by atoms with Crippen molar-refractivity contribution >= 4 is 18.3 Å². The normalized spacial score (nSPS) is 12.7. The number of aromatic nitrogens is 1. The van der Waals surface area contributed by atoms with E-state index in [1.54, 1.807) is 6.07 Å². The lowest BCUT2D eigenvalue weighted by atomic mass is 9.93. The Morgan fingerprint density at radius 3 is 2.56 bits per heavy atom. The minimum Gasteiger partial charge on any atom is -0.360 e. The van der Waals surface area contributed by atoms with E-state index in [1.165, 1.54) is 0 Å². The number of rotatable bonds is 4. The summed E-state index contributed by atoms with van der Waals surface area (Å²) >= 11 is 0. The fraction of sp³-hybridized carbons (Fsp3) is 0.667. The van der Waals surface area contributed by atoms with Crippen LogP contribution in [0.2, 0.25) is 0 Å². The summed E-state index contributed by atoms with van der Waals surface area (Å²) in [4.78, 5) is 11.7. The summed E-state index contributed by atoms with van der Waals surface area (Å²) in [6.07, 6.45) is 0. The highest BCUT2D eigenvalue weighted by molar-refractivity contribution is 5.92. The molecule has 1 rings (SSSR count). The van der Waals surface area contributed by atoms with Crippen molar-refractivity contribution in [1.82, 2.24) is 15.8 Å². The van der Waals surface area contributed by atoms with Crippen LogP contribution in [0.15, 0.2) is 10.6 Å². The second kappa shape index (κ2) is 6.75. The Kier molecular flexibility index (Phi) is 6.35. The van der Waals surface area contributed by atoms with Crippen LogP contribution in [0.5, 0.6) is 0 Å². The Morgan fingerprint density at radius 2 is 2.11 bits per heavy atom. The average Bonchev–Trinajstić information content (AvgIpc) is 2.74. The maximum absolute atomic E-state index is 11.7. The fourth-order valence-corrected chi connectivity index (χ4v) is 1.17. The maximum atomic E-state index is 11.7. The van der Waals surface area contributed by atoms with E-state index >= 15 is 0 Å². The van der Waals surface area contributed by atoms with Gasteiger partial charge in [-0.25, -0.2) is 0 Å². The highest BCUT2D eigenvalue weighted by Crippen LogP contribution is 2.22. The van der Waals surface area contributed by atoms with Gasteiger partial charge in [0.2, 0.25) is 0 Å². The molecule has 6 heteroatoms. The molecule has 0 fully saturated rings. The Labute approximate surface area is 114 Å². The lowest BCUT2D eigenvalue weighted by Gasteiger charge is -2.12. The summed E-state index contributed by atoms with van der Waals surface area (Å²) in [5.41, 5.74) is 0.197. The first-order valence-corrected chi connectivity index (χ1v) is 5.77. The van der Waals surface area contributed by atoms with Crippen LogP contribution in [-0.4, -0.2) is 30.7 Å². The smallest absolute Gasteiger partial charge is 0.273 e. The molecule has 0 aromatic carbocycles.